The number of rotatable bonds is 4. The van der Waals surface area contributed by atoms with Gasteiger partial charge in [0.15, 0.2) is 0 Å². The van der Waals surface area contributed by atoms with E-state index in [0.29, 0.717) is 32.9 Å². The number of fused-ring (bicyclic) bond motifs is 1. The summed E-state index contributed by atoms with van der Waals surface area (Å²) in [4.78, 5) is 4.03. The number of nitrogens with zero attached hydrogens (tertiary/aromatic N) is 6. The summed E-state index contributed by atoms with van der Waals surface area (Å²) in [6, 6.07) is 14.7. The summed E-state index contributed by atoms with van der Waals surface area (Å²) in [5.74, 6) is 0.390. The van der Waals surface area contributed by atoms with Crippen molar-refractivity contribution in [2.24, 2.45) is 0 Å². The van der Waals surface area contributed by atoms with Gasteiger partial charge in [-0.2, -0.15) is 5.10 Å². The van der Waals surface area contributed by atoms with Crippen molar-refractivity contribution in [1.82, 2.24) is 29.8 Å². The molecule has 0 saturated carbocycles. The van der Waals surface area contributed by atoms with Crippen LogP contribution in [0.5, 0.6) is 0 Å². The largest absolute Gasteiger partial charge is 0.384 e. The highest BCUT2D eigenvalue weighted by molar-refractivity contribution is 6.35. The van der Waals surface area contributed by atoms with Gasteiger partial charge in [-0.1, -0.05) is 46.1 Å². The van der Waals surface area contributed by atoms with Gasteiger partial charge in [0.1, 0.15) is 11.3 Å². The van der Waals surface area contributed by atoms with E-state index in [1.165, 1.54) is 0 Å². The predicted octanol–water partition coefficient (Wildman–Crippen LogP) is 5.27. The van der Waals surface area contributed by atoms with Gasteiger partial charge >= 0.3 is 0 Å². The Bertz CT molecular complexity index is 1420. The molecule has 0 bridgehead atoms. The second-order valence-electron chi connectivity index (χ2n) is 6.88. The van der Waals surface area contributed by atoms with E-state index < -0.39 is 0 Å². The lowest BCUT2D eigenvalue weighted by molar-refractivity contribution is 0.694. The summed E-state index contributed by atoms with van der Waals surface area (Å²) in [6.45, 7) is 0.479. The predicted molar refractivity (Wildman–Crippen MR) is 123 cm³/mol. The van der Waals surface area contributed by atoms with Crippen molar-refractivity contribution in [2.45, 2.75) is 6.54 Å². The average Bonchev–Trinajstić information content (AvgIpc) is 3.37. The number of hydrogen-bond acceptors (Lipinski definition) is 5. The number of pyridine rings is 1. The van der Waals surface area contributed by atoms with Gasteiger partial charge < -0.3 is 5.73 Å². The average molecular weight is 471 g/mol. The summed E-state index contributed by atoms with van der Waals surface area (Å²) in [7, 11) is 0. The van der Waals surface area contributed by atoms with Gasteiger partial charge in [-0.15, -0.1) is 5.10 Å². The summed E-state index contributed by atoms with van der Waals surface area (Å²) in [6.07, 6.45) is 3.35. The van der Waals surface area contributed by atoms with Crippen molar-refractivity contribution in [1.29, 1.82) is 0 Å². The molecule has 0 aliphatic rings. The van der Waals surface area contributed by atoms with E-state index in [0.717, 1.165) is 28.0 Å². The SMILES string of the molecule is Nc1cc(-n2nnc3c(Cl)cc(-c4ccnn4Cc4ccc(Cl)cc4Cl)cc32)ccn1. The first-order valence-electron chi connectivity index (χ1n) is 9.22. The van der Waals surface area contributed by atoms with Crippen LogP contribution < -0.4 is 5.73 Å². The third-order valence-corrected chi connectivity index (χ3v) is 5.74. The minimum Gasteiger partial charge on any atom is -0.384 e. The maximum atomic E-state index is 6.55. The molecule has 31 heavy (non-hydrogen) atoms. The van der Waals surface area contributed by atoms with Crippen LogP contribution in [0.4, 0.5) is 5.82 Å². The standard InChI is InChI=1S/C21H14Cl3N7/c22-14-2-1-12(16(23)9-14)11-30-18(4-6-27-30)13-7-17(24)21-19(8-13)31(29-28-21)15-3-5-26-20(25)10-15/h1-10H,11H2,(H2,25,26). The highest BCUT2D eigenvalue weighted by Crippen LogP contribution is 2.31. The minimum atomic E-state index is 0.390. The van der Waals surface area contributed by atoms with Crippen molar-refractivity contribution >= 4 is 51.7 Å². The second kappa shape index (κ2) is 7.85. The summed E-state index contributed by atoms with van der Waals surface area (Å²) in [5.41, 5.74) is 10.5. The Hall–Kier alpha value is -3.13. The molecule has 154 valence electrons. The van der Waals surface area contributed by atoms with Crippen LogP contribution in [-0.4, -0.2) is 29.8 Å². The second-order valence-corrected chi connectivity index (χ2v) is 8.13. The van der Waals surface area contributed by atoms with E-state index in [1.54, 1.807) is 41.3 Å². The zero-order valence-corrected chi connectivity index (χ0v) is 18.1. The number of aromatic nitrogens is 6. The van der Waals surface area contributed by atoms with Crippen LogP contribution in [0.2, 0.25) is 15.1 Å². The van der Waals surface area contributed by atoms with Gasteiger partial charge in [-0.05, 0) is 42.0 Å². The van der Waals surface area contributed by atoms with Gasteiger partial charge in [0, 0.05) is 34.1 Å². The fraction of sp³-hybridized carbons (Fsp3) is 0.0476. The van der Waals surface area contributed by atoms with Crippen molar-refractivity contribution in [2.75, 3.05) is 5.73 Å². The highest BCUT2D eigenvalue weighted by Gasteiger charge is 2.15. The van der Waals surface area contributed by atoms with E-state index in [1.807, 2.05) is 28.9 Å². The minimum absolute atomic E-state index is 0.390. The molecule has 7 nitrogen and oxygen atoms in total. The molecule has 0 aliphatic carbocycles. The summed E-state index contributed by atoms with van der Waals surface area (Å²) in [5, 5.41) is 14.6. The third kappa shape index (κ3) is 3.72. The van der Waals surface area contributed by atoms with Gasteiger partial charge in [-0.3, -0.25) is 4.68 Å². The number of halogens is 3. The number of benzene rings is 2. The summed E-state index contributed by atoms with van der Waals surface area (Å²) < 4.78 is 3.53. The lowest BCUT2D eigenvalue weighted by Crippen LogP contribution is -2.04. The molecule has 5 aromatic rings. The number of anilines is 1. The molecule has 0 fully saturated rings. The molecule has 0 aliphatic heterocycles. The molecule has 2 N–H and O–H groups in total. The van der Waals surface area contributed by atoms with Crippen LogP contribution in [0.15, 0.2) is 60.9 Å². The highest BCUT2D eigenvalue weighted by atomic mass is 35.5. The van der Waals surface area contributed by atoms with Crippen LogP contribution >= 0.6 is 34.8 Å². The molecule has 0 saturated heterocycles. The molecular weight excluding hydrogens is 457 g/mol. The fourth-order valence-corrected chi connectivity index (χ4v) is 4.13. The van der Waals surface area contributed by atoms with Crippen molar-refractivity contribution < 1.29 is 0 Å². The maximum absolute atomic E-state index is 6.55. The lowest BCUT2D eigenvalue weighted by Gasteiger charge is -2.11. The Morgan fingerprint density at radius 1 is 0.903 bits per heavy atom. The lowest BCUT2D eigenvalue weighted by atomic mass is 10.1. The quantitative estimate of drug-likeness (QED) is 0.386. The molecular formula is C21H14Cl3N7. The van der Waals surface area contributed by atoms with E-state index in [9.17, 15) is 0 Å². The Morgan fingerprint density at radius 2 is 1.77 bits per heavy atom. The molecule has 10 heteroatoms. The Balaban J connectivity index is 1.60. The van der Waals surface area contributed by atoms with Gasteiger partial charge in [-0.25, -0.2) is 9.67 Å². The van der Waals surface area contributed by atoms with Gasteiger partial charge in [0.25, 0.3) is 0 Å². The van der Waals surface area contributed by atoms with Crippen LogP contribution in [-0.2, 0) is 6.54 Å². The molecule has 0 unspecified atom stereocenters. The van der Waals surface area contributed by atoms with Crippen molar-refractivity contribution in [3.63, 3.8) is 0 Å². The van der Waals surface area contributed by atoms with E-state index in [-0.39, 0.29) is 0 Å². The Kier molecular flexibility index (Phi) is 5.02. The van der Waals surface area contributed by atoms with E-state index >= 15 is 0 Å². The molecule has 3 aromatic heterocycles. The number of nitrogens with two attached hydrogens (primary N) is 1. The van der Waals surface area contributed by atoms with Crippen LogP contribution in [0, 0.1) is 0 Å². The van der Waals surface area contributed by atoms with Crippen LogP contribution in [0.25, 0.3) is 28.0 Å². The Morgan fingerprint density at radius 3 is 2.58 bits per heavy atom. The molecule has 0 atom stereocenters. The first-order chi connectivity index (χ1) is 15.0. The molecule has 0 spiro atoms. The fourth-order valence-electron chi connectivity index (χ4n) is 3.40. The zero-order chi connectivity index (χ0) is 21.5. The topological polar surface area (TPSA) is 87.4 Å². The van der Waals surface area contributed by atoms with Gasteiger partial charge in [0.2, 0.25) is 0 Å². The van der Waals surface area contributed by atoms with E-state index in [4.69, 9.17) is 40.5 Å². The number of hydrogen-bond donors (Lipinski definition) is 1. The molecule has 3 heterocycles. The first kappa shape index (κ1) is 19.8. The molecule has 0 amide bonds. The molecule has 0 radical (unpaired) electrons. The number of nitrogen functional groups attached to an aromatic ring is 1. The van der Waals surface area contributed by atoms with E-state index in [2.05, 4.69) is 20.4 Å². The maximum Gasteiger partial charge on any atom is 0.132 e. The van der Waals surface area contributed by atoms with Gasteiger partial charge in [0.05, 0.1) is 28.5 Å². The summed E-state index contributed by atoms with van der Waals surface area (Å²) >= 11 is 18.9. The Labute approximate surface area is 192 Å². The van der Waals surface area contributed by atoms with Crippen molar-refractivity contribution in [3.8, 4) is 16.9 Å². The molecule has 2 aromatic carbocycles. The monoisotopic (exact) mass is 469 g/mol. The van der Waals surface area contributed by atoms with Crippen molar-refractivity contribution in [3.05, 3.63) is 81.6 Å². The first-order valence-corrected chi connectivity index (χ1v) is 10.4. The zero-order valence-electron chi connectivity index (χ0n) is 15.9. The van der Waals surface area contributed by atoms with Crippen LogP contribution in [0.3, 0.4) is 0 Å². The smallest absolute Gasteiger partial charge is 0.132 e. The normalized spacial score (nSPS) is 11.3. The van der Waals surface area contributed by atoms with Crippen LogP contribution in [0.1, 0.15) is 5.56 Å². The third-order valence-electron chi connectivity index (χ3n) is 4.86. The molecule has 5 rings (SSSR count).